The Kier molecular flexibility index (Phi) is 7.01. The zero-order valence-electron chi connectivity index (χ0n) is 19.5. The summed E-state index contributed by atoms with van der Waals surface area (Å²) in [5.41, 5.74) is 2.56. The number of piperidine rings is 1. The highest BCUT2D eigenvalue weighted by molar-refractivity contribution is 5.94. The van der Waals surface area contributed by atoms with Crippen LogP contribution in [0.2, 0.25) is 0 Å². The summed E-state index contributed by atoms with van der Waals surface area (Å²) in [7, 11) is 0. The van der Waals surface area contributed by atoms with Crippen LogP contribution in [0.25, 0.3) is 5.69 Å². The molecule has 1 saturated heterocycles. The maximum Gasteiger partial charge on any atom is 0.309 e. The molecule has 1 aliphatic heterocycles. The Morgan fingerprint density at radius 1 is 1.09 bits per heavy atom. The predicted molar refractivity (Wildman–Crippen MR) is 121 cm³/mol. The third-order valence-electron chi connectivity index (χ3n) is 5.66. The largest absolute Gasteiger partial charge is 0.455 e. The molecular weight excluding hydrogens is 408 g/mol. The highest BCUT2D eigenvalue weighted by atomic mass is 16.5. The van der Waals surface area contributed by atoms with E-state index in [0.29, 0.717) is 37.3 Å². The molecule has 0 bridgehead atoms. The first kappa shape index (κ1) is 23.5. The summed E-state index contributed by atoms with van der Waals surface area (Å²) in [6.45, 7) is 10.1. The van der Waals surface area contributed by atoms with Crippen molar-refractivity contribution < 1.29 is 19.1 Å². The van der Waals surface area contributed by atoms with Crippen molar-refractivity contribution in [3.63, 3.8) is 0 Å². The van der Waals surface area contributed by atoms with Gasteiger partial charge in [-0.15, -0.1) is 0 Å². The number of hydrogen-bond donors (Lipinski definition) is 1. The molecule has 1 N–H and O–H groups in total. The molecule has 1 aromatic heterocycles. The Morgan fingerprint density at radius 3 is 2.31 bits per heavy atom. The predicted octanol–water partition coefficient (Wildman–Crippen LogP) is 3.26. The van der Waals surface area contributed by atoms with Crippen LogP contribution < -0.4 is 5.32 Å². The number of carbonyl (C=O) groups is 3. The lowest BCUT2D eigenvalue weighted by molar-refractivity contribution is -0.155. The number of para-hydroxylation sites is 1. The molecule has 172 valence electrons. The molecule has 0 unspecified atom stereocenters. The molecule has 0 atom stereocenters. The molecule has 2 aromatic rings. The van der Waals surface area contributed by atoms with Gasteiger partial charge in [0.1, 0.15) is 0 Å². The fourth-order valence-electron chi connectivity index (χ4n) is 3.87. The van der Waals surface area contributed by atoms with Crippen molar-refractivity contribution in [3.8, 4) is 5.69 Å². The molecule has 1 aliphatic rings. The lowest BCUT2D eigenvalue weighted by Gasteiger charge is -2.34. The number of aryl methyl sites for hydroxylation is 1. The number of rotatable bonds is 5. The first-order valence-corrected chi connectivity index (χ1v) is 11.0. The van der Waals surface area contributed by atoms with Crippen LogP contribution in [0.3, 0.4) is 0 Å². The molecule has 0 aliphatic carbocycles. The van der Waals surface area contributed by atoms with Crippen molar-refractivity contribution in [2.45, 2.75) is 47.5 Å². The minimum absolute atomic E-state index is 0.0884. The fraction of sp³-hybridized carbons (Fsp3) is 0.500. The monoisotopic (exact) mass is 440 g/mol. The van der Waals surface area contributed by atoms with Crippen LogP contribution >= 0.6 is 0 Å². The number of nitrogens with zero attached hydrogens (tertiary/aromatic N) is 3. The molecule has 1 aromatic carbocycles. The van der Waals surface area contributed by atoms with Gasteiger partial charge in [-0.25, -0.2) is 4.68 Å². The number of benzene rings is 1. The standard InChI is InChI=1S/C24H32N4O4/c1-16-21(17(2)28(26-16)19-9-7-6-8-10-19)25-20(29)15-32-22(30)18-11-13-27(14-12-18)23(31)24(3,4)5/h6-10,18H,11-15H2,1-5H3,(H,25,29). The summed E-state index contributed by atoms with van der Waals surface area (Å²) in [4.78, 5) is 39.0. The van der Waals surface area contributed by atoms with Crippen molar-refractivity contribution in [2.75, 3.05) is 25.0 Å². The van der Waals surface area contributed by atoms with Crippen molar-refractivity contribution in [1.29, 1.82) is 0 Å². The molecule has 1 fully saturated rings. The number of carbonyl (C=O) groups excluding carboxylic acids is 3. The van der Waals surface area contributed by atoms with Gasteiger partial charge >= 0.3 is 5.97 Å². The number of aromatic nitrogens is 2. The van der Waals surface area contributed by atoms with Gasteiger partial charge in [0.15, 0.2) is 6.61 Å². The summed E-state index contributed by atoms with van der Waals surface area (Å²) in [5, 5.41) is 7.32. The van der Waals surface area contributed by atoms with Gasteiger partial charge < -0.3 is 15.0 Å². The molecule has 8 heteroatoms. The van der Waals surface area contributed by atoms with E-state index in [9.17, 15) is 14.4 Å². The smallest absolute Gasteiger partial charge is 0.309 e. The van der Waals surface area contributed by atoms with Crippen molar-refractivity contribution in [3.05, 3.63) is 41.7 Å². The van der Waals surface area contributed by atoms with E-state index in [2.05, 4.69) is 10.4 Å². The third-order valence-corrected chi connectivity index (χ3v) is 5.66. The number of ether oxygens (including phenoxy) is 1. The summed E-state index contributed by atoms with van der Waals surface area (Å²) in [6.07, 6.45) is 1.09. The second kappa shape index (κ2) is 9.54. The maximum absolute atomic E-state index is 12.4. The van der Waals surface area contributed by atoms with Gasteiger partial charge in [0.2, 0.25) is 5.91 Å². The average molecular weight is 441 g/mol. The zero-order chi connectivity index (χ0) is 23.5. The molecule has 2 heterocycles. The van der Waals surface area contributed by atoms with E-state index in [-0.39, 0.29) is 18.4 Å². The van der Waals surface area contributed by atoms with E-state index in [0.717, 1.165) is 11.4 Å². The van der Waals surface area contributed by atoms with E-state index < -0.39 is 17.3 Å². The van der Waals surface area contributed by atoms with Crippen LogP contribution in [0, 0.1) is 25.2 Å². The summed E-state index contributed by atoms with van der Waals surface area (Å²) < 4.78 is 7.04. The van der Waals surface area contributed by atoms with Gasteiger partial charge in [-0.3, -0.25) is 14.4 Å². The lowest BCUT2D eigenvalue weighted by atomic mass is 9.91. The molecule has 8 nitrogen and oxygen atoms in total. The van der Waals surface area contributed by atoms with Gasteiger partial charge in [0.25, 0.3) is 5.91 Å². The Bertz CT molecular complexity index is 983. The topological polar surface area (TPSA) is 93.5 Å². The normalized spacial score (nSPS) is 14.8. The van der Waals surface area contributed by atoms with Gasteiger partial charge in [0, 0.05) is 18.5 Å². The fourth-order valence-corrected chi connectivity index (χ4v) is 3.87. The van der Waals surface area contributed by atoms with E-state index in [4.69, 9.17) is 4.74 Å². The van der Waals surface area contributed by atoms with Crippen molar-refractivity contribution >= 4 is 23.5 Å². The van der Waals surface area contributed by atoms with Crippen LogP contribution in [0.4, 0.5) is 5.69 Å². The summed E-state index contributed by atoms with van der Waals surface area (Å²) in [5.74, 6) is -1.00. The minimum atomic E-state index is -0.435. The van der Waals surface area contributed by atoms with Crippen LogP contribution in [0.15, 0.2) is 30.3 Å². The van der Waals surface area contributed by atoms with Crippen LogP contribution in [0.1, 0.15) is 45.0 Å². The Morgan fingerprint density at radius 2 is 1.72 bits per heavy atom. The number of nitrogens with one attached hydrogen (secondary N) is 1. The summed E-state index contributed by atoms with van der Waals surface area (Å²) >= 11 is 0. The first-order chi connectivity index (χ1) is 15.1. The van der Waals surface area contributed by atoms with E-state index in [1.54, 1.807) is 9.58 Å². The number of esters is 1. The Hall–Kier alpha value is -3.16. The lowest BCUT2D eigenvalue weighted by Crippen LogP contribution is -2.45. The molecule has 0 saturated carbocycles. The van der Waals surface area contributed by atoms with Gasteiger partial charge in [0.05, 0.1) is 28.7 Å². The highest BCUT2D eigenvalue weighted by Gasteiger charge is 2.33. The van der Waals surface area contributed by atoms with Crippen molar-refractivity contribution in [1.82, 2.24) is 14.7 Å². The zero-order valence-corrected chi connectivity index (χ0v) is 19.5. The molecule has 2 amide bonds. The SMILES string of the molecule is Cc1nn(-c2ccccc2)c(C)c1NC(=O)COC(=O)C1CCN(C(=O)C(C)(C)C)CC1. The second-order valence-corrected chi connectivity index (χ2v) is 9.27. The number of amides is 2. The molecule has 0 radical (unpaired) electrons. The molecule has 32 heavy (non-hydrogen) atoms. The first-order valence-electron chi connectivity index (χ1n) is 11.0. The van der Waals surface area contributed by atoms with Crippen LogP contribution in [0.5, 0.6) is 0 Å². The quantitative estimate of drug-likeness (QED) is 0.721. The number of anilines is 1. The van der Waals surface area contributed by atoms with Gasteiger partial charge in [-0.2, -0.15) is 5.10 Å². The number of hydrogen-bond acceptors (Lipinski definition) is 5. The third kappa shape index (κ3) is 5.36. The van der Waals surface area contributed by atoms with Crippen LogP contribution in [-0.4, -0.2) is 52.2 Å². The molecule has 3 rings (SSSR count). The Labute approximate surface area is 188 Å². The molecular formula is C24H32N4O4. The van der Waals surface area contributed by atoms with Crippen LogP contribution in [-0.2, 0) is 19.1 Å². The number of likely N-dealkylation sites (tertiary alicyclic amines) is 1. The summed E-state index contributed by atoms with van der Waals surface area (Å²) in [6, 6.07) is 9.65. The van der Waals surface area contributed by atoms with Crippen molar-refractivity contribution in [2.24, 2.45) is 11.3 Å². The highest BCUT2D eigenvalue weighted by Crippen LogP contribution is 2.25. The maximum atomic E-state index is 12.4. The van der Waals surface area contributed by atoms with E-state index in [1.165, 1.54) is 0 Å². The van der Waals surface area contributed by atoms with Gasteiger partial charge in [-0.05, 0) is 38.8 Å². The minimum Gasteiger partial charge on any atom is -0.455 e. The molecule has 0 spiro atoms. The second-order valence-electron chi connectivity index (χ2n) is 9.27. The Balaban J connectivity index is 1.51. The average Bonchev–Trinajstić information content (AvgIpc) is 3.05. The van der Waals surface area contributed by atoms with E-state index in [1.807, 2.05) is 65.0 Å². The van der Waals surface area contributed by atoms with E-state index >= 15 is 0 Å². The van der Waals surface area contributed by atoms with Gasteiger partial charge in [-0.1, -0.05) is 39.0 Å².